The molecule has 1 saturated heterocycles. The molecule has 0 aromatic rings. The summed E-state index contributed by atoms with van der Waals surface area (Å²) in [6, 6.07) is -3.12. The van der Waals surface area contributed by atoms with Crippen LogP contribution in [0.25, 0.3) is 0 Å². The van der Waals surface area contributed by atoms with E-state index in [0.717, 1.165) is 6.92 Å². The van der Waals surface area contributed by atoms with Gasteiger partial charge in [0, 0.05) is 6.92 Å². The number of carboxylic acids is 1. The van der Waals surface area contributed by atoms with E-state index in [1.807, 2.05) is 0 Å². The number of carbonyl (C=O) groups excluding carboxylic acids is 2. The maximum absolute atomic E-state index is 12.0. The summed E-state index contributed by atoms with van der Waals surface area (Å²) in [5, 5.41) is 52.0. The number of carboxylic acid groups (broad SMARTS) is 1. The van der Waals surface area contributed by atoms with Gasteiger partial charge in [-0.05, 0) is 6.92 Å². The Labute approximate surface area is 231 Å². The van der Waals surface area contributed by atoms with Gasteiger partial charge in [0.05, 0.1) is 19.3 Å². The van der Waals surface area contributed by atoms with Gasteiger partial charge in [-0.15, -0.1) is 4.67 Å². The van der Waals surface area contributed by atoms with Crippen LogP contribution in [-0.2, 0) is 47.3 Å². The molecule has 0 saturated carbocycles. The number of guanidine groups is 1. The molecule has 0 radical (unpaired) electrons. The number of hydrogen-bond acceptors (Lipinski definition) is 16. The Hall–Kier alpha value is -2.57. The van der Waals surface area contributed by atoms with Crippen LogP contribution in [0.3, 0.4) is 0 Å². The summed E-state index contributed by atoms with van der Waals surface area (Å²) in [7, 11) is -5.28. The van der Waals surface area contributed by atoms with Gasteiger partial charge in [-0.2, -0.15) is 0 Å². The second-order valence-electron chi connectivity index (χ2n) is 8.53. The highest BCUT2D eigenvalue weighted by molar-refractivity contribution is 7.47. The van der Waals surface area contributed by atoms with Crippen molar-refractivity contribution in [1.29, 1.82) is 0 Å². The van der Waals surface area contributed by atoms with Gasteiger partial charge in [0.15, 0.2) is 24.5 Å². The van der Waals surface area contributed by atoms with Crippen LogP contribution in [0.4, 0.5) is 0 Å². The van der Waals surface area contributed by atoms with Gasteiger partial charge in [-0.1, -0.05) is 0 Å². The predicted octanol–water partition coefficient (Wildman–Crippen LogP) is -6.40. The van der Waals surface area contributed by atoms with E-state index >= 15 is 0 Å². The number of primary amides is 1. The lowest BCUT2D eigenvalue weighted by atomic mass is 9.96. The van der Waals surface area contributed by atoms with Crippen LogP contribution in [0.15, 0.2) is 4.99 Å². The van der Waals surface area contributed by atoms with Crippen LogP contribution < -0.4 is 28.4 Å². The molecule has 1 aliphatic heterocycles. The number of ether oxygens (including phenoxy) is 2. The van der Waals surface area contributed by atoms with Crippen molar-refractivity contribution in [2.75, 3.05) is 13.2 Å². The van der Waals surface area contributed by atoms with Crippen molar-refractivity contribution in [3.8, 4) is 0 Å². The lowest BCUT2D eigenvalue weighted by Crippen LogP contribution is -2.65. The predicted molar refractivity (Wildman–Crippen MR) is 129 cm³/mol. The van der Waals surface area contributed by atoms with Crippen LogP contribution in [0.1, 0.15) is 13.8 Å². The van der Waals surface area contributed by atoms with Gasteiger partial charge in [0.2, 0.25) is 5.91 Å². The van der Waals surface area contributed by atoms with E-state index in [1.165, 1.54) is 6.92 Å². The normalized spacial score (nSPS) is 27.9. The molecule has 0 spiro atoms. The molecule has 11 atom stereocenters. The number of carbonyl (C=O) groups is 3. The number of nitrogens with zero attached hydrogens (tertiary/aromatic N) is 1. The monoisotopic (exact) mass is 622 g/mol. The summed E-state index contributed by atoms with van der Waals surface area (Å²) in [5.74, 6) is 0.234. The number of amides is 2. The molecular formula is C18H35N6O16P. The summed E-state index contributed by atoms with van der Waals surface area (Å²) >= 11 is 0. The zero-order valence-corrected chi connectivity index (χ0v) is 22.6. The number of nitrogens with one attached hydrogen (secondary N) is 1. The van der Waals surface area contributed by atoms with E-state index in [-0.39, 0.29) is 0 Å². The largest absolute Gasteiger partial charge is 0.499 e. The highest BCUT2D eigenvalue weighted by atomic mass is 31.2. The van der Waals surface area contributed by atoms with Crippen LogP contribution in [-0.4, -0.2) is 128 Å². The number of phosphoric acid groups is 1. The minimum absolute atomic E-state index is 0.669. The van der Waals surface area contributed by atoms with E-state index < -0.39 is 106 Å². The highest BCUT2D eigenvalue weighted by Gasteiger charge is 2.47. The third kappa shape index (κ3) is 11.0. The van der Waals surface area contributed by atoms with Crippen molar-refractivity contribution < 1.29 is 77.8 Å². The van der Waals surface area contributed by atoms with E-state index in [4.69, 9.17) is 37.7 Å². The van der Waals surface area contributed by atoms with Gasteiger partial charge in [-0.3, -0.25) is 19.0 Å². The lowest BCUT2D eigenvalue weighted by molar-refractivity contribution is -0.291. The molecule has 23 heteroatoms. The molecule has 41 heavy (non-hydrogen) atoms. The molecular weight excluding hydrogens is 587 g/mol. The highest BCUT2D eigenvalue weighted by Crippen LogP contribution is 2.44. The first-order valence-electron chi connectivity index (χ1n) is 11.5. The molecule has 1 rings (SSSR count). The third-order valence-electron chi connectivity index (χ3n) is 5.39. The first-order valence-corrected chi connectivity index (χ1v) is 13.0. The van der Waals surface area contributed by atoms with Crippen LogP contribution in [0.2, 0.25) is 0 Å². The Bertz CT molecular complexity index is 971. The quantitative estimate of drug-likeness (QED) is 0.0236. The third-order valence-corrected chi connectivity index (χ3v) is 6.14. The number of aliphatic imine (C=N–C) groups is 1. The Morgan fingerprint density at radius 3 is 2.24 bits per heavy atom. The van der Waals surface area contributed by atoms with Crippen molar-refractivity contribution >= 4 is 31.6 Å². The van der Waals surface area contributed by atoms with E-state index in [0.29, 0.717) is 0 Å². The molecule has 22 nitrogen and oxygen atoms in total. The number of aliphatic hydroxyl groups is 4. The number of hydrogen-bond donors (Lipinski definition) is 11. The first kappa shape index (κ1) is 36.5. The average molecular weight is 622 g/mol. The molecule has 15 N–H and O–H groups in total. The molecule has 11 unspecified atom stereocenters. The maximum atomic E-state index is 12.0. The molecule has 1 heterocycles. The number of nitrogens with two attached hydrogens (primary N) is 4. The zero-order chi connectivity index (χ0) is 31.7. The number of rotatable bonds is 17. The van der Waals surface area contributed by atoms with Crippen LogP contribution in [0, 0.1) is 0 Å². The fraction of sp³-hybridized carbons (Fsp3) is 0.778. The van der Waals surface area contributed by atoms with Gasteiger partial charge in [0.1, 0.15) is 36.5 Å². The summed E-state index contributed by atoms with van der Waals surface area (Å²) in [6.07, 6.45) is -14.2. The zero-order valence-electron chi connectivity index (χ0n) is 21.7. The van der Waals surface area contributed by atoms with E-state index in [1.54, 1.807) is 0 Å². The van der Waals surface area contributed by atoms with Gasteiger partial charge in [0.25, 0.3) is 5.91 Å². The molecule has 1 aliphatic rings. The van der Waals surface area contributed by atoms with Crippen molar-refractivity contribution in [2.45, 2.75) is 74.9 Å². The maximum Gasteiger partial charge on any atom is 0.499 e. The Morgan fingerprint density at radius 2 is 1.78 bits per heavy atom. The molecule has 1 fully saturated rings. The molecule has 0 aliphatic carbocycles. The van der Waals surface area contributed by atoms with Gasteiger partial charge < -0.3 is 62.4 Å². The fourth-order valence-corrected chi connectivity index (χ4v) is 3.98. The summed E-state index contributed by atoms with van der Waals surface area (Å²) in [5.41, 5.74) is 16.0. The smallest absolute Gasteiger partial charge is 0.479 e. The second-order valence-corrected chi connectivity index (χ2v) is 9.87. The summed E-state index contributed by atoms with van der Waals surface area (Å²) in [6.45, 7) is 0.424. The molecule has 0 bridgehead atoms. The van der Waals surface area contributed by atoms with Crippen molar-refractivity contribution in [3.63, 3.8) is 0 Å². The molecule has 0 aromatic carbocycles. The van der Waals surface area contributed by atoms with E-state index in [2.05, 4.69) is 29.2 Å². The van der Waals surface area contributed by atoms with Gasteiger partial charge in [-0.25, -0.2) is 25.1 Å². The Morgan fingerprint density at radius 1 is 1.17 bits per heavy atom. The molecule has 2 amide bonds. The summed E-state index contributed by atoms with van der Waals surface area (Å²) < 4.78 is 31.7. The second kappa shape index (κ2) is 16.2. The Kier molecular flexibility index (Phi) is 14.4. The number of aliphatic carboxylic acids is 1. The molecule has 238 valence electrons. The van der Waals surface area contributed by atoms with Crippen molar-refractivity contribution in [2.24, 2.45) is 28.1 Å². The topological polar surface area (TPSA) is 374 Å². The Balaban J connectivity index is 3.15. The average Bonchev–Trinajstić information content (AvgIpc) is 2.86. The first-order chi connectivity index (χ1) is 18.9. The van der Waals surface area contributed by atoms with Crippen molar-refractivity contribution in [3.05, 3.63) is 0 Å². The SMILES string of the molecule is CC(=O)NC1C(OC(C)C(N=C(N)N)C(O)C(OOP(=O)(O)OCC(ON)C(=O)O)C(N)=O)OC(CO)C(O)C1O. The van der Waals surface area contributed by atoms with Crippen LogP contribution in [0.5, 0.6) is 0 Å². The minimum atomic E-state index is -5.28. The fourth-order valence-electron chi connectivity index (χ4n) is 3.41. The standard InChI is InChI=1S/C18H35N6O16P/c1-5(36-17-10(23-6(2)26)12(28)11(27)7(3-25)37-17)9(24-18(20)21)13(29)14(15(19)30)39-40-41(33,34)35-4-8(38-22)16(31)32/h5,7-14,17,25,27-29H,3-4,22H2,1-2H3,(H2,19,30)(H,23,26)(H,31,32)(H,33,34)(H4,20,21,24). The van der Waals surface area contributed by atoms with E-state index in [9.17, 15) is 44.3 Å². The van der Waals surface area contributed by atoms with Crippen molar-refractivity contribution in [1.82, 2.24) is 5.32 Å². The molecule has 0 aromatic heterocycles. The lowest BCUT2D eigenvalue weighted by Gasteiger charge is -2.43. The van der Waals surface area contributed by atoms with Crippen LogP contribution >= 0.6 is 7.82 Å². The minimum Gasteiger partial charge on any atom is -0.479 e. The van der Waals surface area contributed by atoms with Gasteiger partial charge >= 0.3 is 13.8 Å². The number of phosphoric ester groups is 1. The summed E-state index contributed by atoms with van der Waals surface area (Å²) in [4.78, 5) is 56.5. The number of aliphatic hydroxyl groups excluding tert-OH is 4.